The van der Waals surface area contributed by atoms with Crippen molar-refractivity contribution in [1.82, 2.24) is 5.32 Å². The quantitative estimate of drug-likeness (QED) is 0.632. The van der Waals surface area contributed by atoms with Crippen LogP contribution in [0.1, 0.15) is 42.9 Å². The number of unbranched alkanes of at least 4 members (excludes halogenated alkanes) is 2. The van der Waals surface area contributed by atoms with Crippen LogP contribution in [0, 0.1) is 6.92 Å². The molecule has 0 aliphatic heterocycles. The van der Waals surface area contributed by atoms with Gasteiger partial charge >= 0.3 is 0 Å². The Kier molecular flexibility index (Phi) is 7.63. The minimum absolute atomic E-state index is 0.735. The monoisotopic (exact) mass is 327 g/mol. The van der Waals surface area contributed by atoms with Gasteiger partial charge in [-0.3, -0.25) is 0 Å². The van der Waals surface area contributed by atoms with Crippen LogP contribution in [0.25, 0.3) is 0 Å². The maximum absolute atomic E-state index is 6.01. The normalized spacial score (nSPS) is 10.6. The van der Waals surface area contributed by atoms with E-state index in [1.54, 1.807) is 7.11 Å². The molecule has 0 amide bonds. The standard InChI is InChI=1S/C21H29NO2/c1-4-5-6-14-24-21-19(8-7-9-20(21)23-3)16-22-15-18-12-10-17(2)11-13-18/h7-13,22H,4-6,14-16H2,1-3H3. The Morgan fingerprint density at radius 2 is 1.75 bits per heavy atom. The SMILES string of the molecule is CCCCCOc1c(CNCc2ccc(C)cc2)cccc1OC. The van der Waals surface area contributed by atoms with Crippen LogP contribution in [0.3, 0.4) is 0 Å². The number of rotatable bonds is 10. The fourth-order valence-electron chi connectivity index (χ4n) is 2.60. The summed E-state index contributed by atoms with van der Waals surface area (Å²) in [5, 5.41) is 3.50. The van der Waals surface area contributed by atoms with Crippen molar-refractivity contribution in [3.63, 3.8) is 0 Å². The van der Waals surface area contributed by atoms with Gasteiger partial charge in [-0.2, -0.15) is 0 Å². The molecule has 0 fully saturated rings. The van der Waals surface area contributed by atoms with E-state index in [4.69, 9.17) is 9.47 Å². The van der Waals surface area contributed by atoms with E-state index in [0.29, 0.717) is 0 Å². The lowest BCUT2D eigenvalue weighted by Gasteiger charge is -2.15. The van der Waals surface area contributed by atoms with Crippen molar-refractivity contribution in [2.45, 2.75) is 46.2 Å². The third-order valence-electron chi connectivity index (χ3n) is 4.04. The van der Waals surface area contributed by atoms with Crippen molar-refractivity contribution in [2.24, 2.45) is 0 Å². The molecule has 24 heavy (non-hydrogen) atoms. The molecule has 3 nitrogen and oxygen atoms in total. The summed E-state index contributed by atoms with van der Waals surface area (Å²) >= 11 is 0. The number of methoxy groups -OCH3 is 1. The lowest BCUT2D eigenvalue weighted by atomic mass is 10.1. The Morgan fingerprint density at radius 3 is 2.46 bits per heavy atom. The highest BCUT2D eigenvalue weighted by molar-refractivity contribution is 5.46. The number of aryl methyl sites for hydroxylation is 1. The molecule has 0 radical (unpaired) electrons. The highest BCUT2D eigenvalue weighted by Gasteiger charge is 2.10. The topological polar surface area (TPSA) is 30.5 Å². The Morgan fingerprint density at radius 1 is 0.958 bits per heavy atom. The highest BCUT2D eigenvalue weighted by atomic mass is 16.5. The molecule has 0 spiro atoms. The van der Waals surface area contributed by atoms with Crippen molar-refractivity contribution in [2.75, 3.05) is 13.7 Å². The van der Waals surface area contributed by atoms with E-state index in [2.05, 4.69) is 49.5 Å². The molecule has 3 heteroatoms. The first-order valence-corrected chi connectivity index (χ1v) is 8.79. The summed E-state index contributed by atoms with van der Waals surface area (Å²) in [5.41, 5.74) is 3.71. The number of hydrogen-bond donors (Lipinski definition) is 1. The Bertz CT molecular complexity index is 608. The van der Waals surface area contributed by atoms with Crippen LogP contribution in [-0.2, 0) is 13.1 Å². The first-order valence-electron chi connectivity index (χ1n) is 8.79. The molecular formula is C21H29NO2. The molecule has 0 atom stereocenters. The van der Waals surface area contributed by atoms with Gasteiger partial charge in [-0.25, -0.2) is 0 Å². The Hall–Kier alpha value is -2.00. The van der Waals surface area contributed by atoms with Crippen LogP contribution in [0.5, 0.6) is 11.5 Å². The Labute approximate surface area is 146 Å². The Balaban J connectivity index is 1.96. The maximum Gasteiger partial charge on any atom is 0.165 e. The van der Waals surface area contributed by atoms with Crippen LogP contribution >= 0.6 is 0 Å². The number of nitrogens with one attached hydrogen (secondary N) is 1. The third-order valence-corrected chi connectivity index (χ3v) is 4.04. The van der Waals surface area contributed by atoms with Gasteiger partial charge < -0.3 is 14.8 Å². The molecule has 0 saturated carbocycles. The summed E-state index contributed by atoms with van der Waals surface area (Å²) < 4.78 is 11.5. The number of benzene rings is 2. The fourth-order valence-corrected chi connectivity index (χ4v) is 2.60. The van der Waals surface area contributed by atoms with Gasteiger partial charge in [0.05, 0.1) is 13.7 Å². The van der Waals surface area contributed by atoms with Gasteiger partial charge in [-0.15, -0.1) is 0 Å². The molecule has 2 aromatic carbocycles. The zero-order valence-electron chi connectivity index (χ0n) is 15.1. The summed E-state index contributed by atoms with van der Waals surface area (Å²) in [4.78, 5) is 0. The van der Waals surface area contributed by atoms with Crippen LogP contribution < -0.4 is 14.8 Å². The van der Waals surface area contributed by atoms with Crippen molar-refractivity contribution in [3.8, 4) is 11.5 Å². The molecule has 0 saturated heterocycles. The lowest BCUT2D eigenvalue weighted by Crippen LogP contribution is -2.14. The second kappa shape index (κ2) is 9.99. The first kappa shape index (κ1) is 18.3. The molecule has 2 aromatic rings. The molecule has 1 N–H and O–H groups in total. The average Bonchev–Trinajstić information content (AvgIpc) is 2.61. The van der Waals surface area contributed by atoms with Gasteiger partial charge in [0.15, 0.2) is 11.5 Å². The summed E-state index contributed by atoms with van der Waals surface area (Å²) in [7, 11) is 1.69. The van der Waals surface area contributed by atoms with E-state index in [1.165, 1.54) is 24.0 Å². The van der Waals surface area contributed by atoms with Crippen molar-refractivity contribution < 1.29 is 9.47 Å². The summed E-state index contributed by atoms with van der Waals surface area (Å²) in [5.74, 6) is 1.67. The van der Waals surface area contributed by atoms with E-state index in [-0.39, 0.29) is 0 Å². The molecule has 2 rings (SSSR count). The summed E-state index contributed by atoms with van der Waals surface area (Å²) in [6.07, 6.45) is 3.46. The molecule has 0 aliphatic carbocycles. The fraction of sp³-hybridized carbons (Fsp3) is 0.429. The maximum atomic E-state index is 6.01. The second-order valence-corrected chi connectivity index (χ2v) is 6.09. The largest absolute Gasteiger partial charge is 0.493 e. The molecule has 0 bridgehead atoms. The highest BCUT2D eigenvalue weighted by Crippen LogP contribution is 2.31. The van der Waals surface area contributed by atoms with Crippen LogP contribution in [0.2, 0.25) is 0 Å². The third kappa shape index (κ3) is 5.57. The number of para-hydroxylation sites is 1. The van der Waals surface area contributed by atoms with E-state index in [0.717, 1.165) is 43.2 Å². The molecular weight excluding hydrogens is 298 g/mol. The molecule has 0 aliphatic rings. The number of ether oxygens (including phenoxy) is 2. The summed E-state index contributed by atoms with van der Waals surface area (Å²) in [6, 6.07) is 14.7. The molecule has 0 unspecified atom stereocenters. The lowest BCUT2D eigenvalue weighted by molar-refractivity contribution is 0.282. The first-order chi connectivity index (χ1) is 11.7. The van der Waals surface area contributed by atoms with Crippen molar-refractivity contribution in [1.29, 1.82) is 0 Å². The second-order valence-electron chi connectivity index (χ2n) is 6.09. The van der Waals surface area contributed by atoms with E-state index in [1.807, 2.05) is 12.1 Å². The van der Waals surface area contributed by atoms with Crippen molar-refractivity contribution >= 4 is 0 Å². The van der Waals surface area contributed by atoms with E-state index in [9.17, 15) is 0 Å². The van der Waals surface area contributed by atoms with Crippen LogP contribution in [-0.4, -0.2) is 13.7 Å². The number of hydrogen-bond acceptors (Lipinski definition) is 3. The van der Waals surface area contributed by atoms with Crippen molar-refractivity contribution in [3.05, 3.63) is 59.2 Å². The molecule has 130 valence electrons. The predicted molar refractivity (Wildman–Crippen MR) is 99.7 cm³/mol. The van der Waals surface area contributed by atoms with E-state index >= 15 is 0 Å². The van der Waals surface area contributed by atoms with Crippen LogP contribution in [0.15, 0.2) is 42.5 Å². The minimum Gasteiger partial charge on any atom is -0.493 e. The predicted octanol–water partition coefficient (Wildman–Crippen LogP) is 4.86. The molecule has 0 aromatic heterocycles. The summed E-state index contributed by atoms with van der Waals surface area (Å²) in [6.45, 7) is 6.64. The van der Waals surface area contributed by atoms with E-state index < -0.39 is 0 Å². The zero-order valence-corrected chi connectivity index (χ0v) is 15.1. The average molecular weight is 327 g/mol. The van der Waals surface area contributed by atoms with Gasteiger partial charge in [0.1, 0.15) is 0 Å². The van der Waals surface area contributed by atoms with Gasteiger partial charge in [-0.05, 0) is 25.0 Å². The van der Waals surface area contributed by atoms with Gasteiger partial charge in [0.25, 0.3) is 0 Å². The van der Waals surface area contributed by atoms with Crippen LogP contribution in [0.4, 0.5) is 0 Å². The van der Waals surface area contributed by atoms with Gasteiger partial charge in [-0.1, -0.05) is 61.7 Å². The van der Waals surface area contributed by atoms with Gasteiger partial charge in [0.2, 0.25) is 0 Å². The zero-order chi connectivity index (χ0) is 17.2. The molecule has 0 heterocycles. The van der Waals surface area contributed by atoms with Gasteiger partial charge in [0, 0.05) is 18.7 Å². The smallest absolute Gasteiger partial charge is 0.165 e. The minimum atomic E-state index is 0.735.